The van der Waals surface area contributed by atoms with Crippen LogP contribution in [0.15, 0.2) is 47.1 Å². The van der Waals surface area contributed by atoms with Gasteiger partial charge in [0.25, 0.3) is 5.78 Å². The molecule has 31 heavy (non-hydrogen) atoms. The number of nitrogens with one attached hydrogen (secondary N) is 1. The third-order valence-electron chi connectivity index (χ3n) is 5.55. The van der Waals surface area contributed by atoms with Gasteiger partial charge in [0.1, 0.15) is 5.82 Å². The van der Waals surface area contributed by atoms with E-state index >= 15 is 0 Å². The second-order valence-corrected chi connectivity index (χ2v) is 7.62. The molecular formula is C21H23FN8O. The summed E-state index contributed by atoms with van der Waals surface area (Å²) in [4.78, 5) is 15.4. The number of likely N-dealkylation sites (tertiary alicyclic amines) is 1. The van der Waals surface area contributed by atoms with Gasteiger partial charge < -0.3 is 15.5 Å². The summed E-state index contributed by atoms with van der Waals surface area (Å²) >= 11 is 0. The maximum Gasteiger partial charge on any atom is 0.259 e. The van der Waals surface area contributed by atoms with Gasteiger partial charge in [-0.15, -0.1) is 5.10 Å². The molecule has 1 aromatic carbocycles. The van der Waals surface area contributed by atoms with Gasteiger partial charge >= 0.3 is 0 Å². The van der Waals surface area contributed by atoms with E-state index in [1.54, 1.807) is 24.5 Å². The number of piperidine rings is 1. The molecule has 4 aromatic rings. The molecule has 0 aliphatic carbocycles. The Labute approximate surface area is 178 Å². The van der Waals surface area contributed by atoms with Crippen molar-refractivity contribution < 1.29 is 8.81 Å². The zero-order chi connectivity index (χ0) is 21.2. The van der Waals surface area contributed by atoms with Crippen LogP contribution in [0.25, 0.3) is 17.4 Å². The van der Waals surface area contributed by atoms with E-state index in [4.69, 9.17) is 10.2 Å². The number of aromatic nitrogens is 5. The van der Waals surface area contributed by atoms with Crippen LogP contribution in [0.1, 0.15) is 24.8 Å². The van der Waals surface area contributed by atoms with Gasteiger partial charge in [-0.2, -0.15) is 19.5 Å². The van der Waals surface area contributed by atoms with E-state index in [9.17, 15) is 4.39 Å². The Morgan fingerprint density at radius 2 is 2.03 bits per heavy atom. The van der Waals surface area contributed by atoms with Crippen LogP contribution < -0.4 is 11.1 Å². The molecule has 4 heterocycles. The summed E-state index contributed by atoms with van der Waals surface area (Å²) < 4.78 is 20.8. The molecule has 0 amide bonds. The number of benzene rings is 1. The molecule has 1 aliphatic rings. The van der Waals surface area contributed by atoms with Gasteiger partial charge in [-0.3, -0.25) is 4.90 Å². The molecule has 0 bridgehead atoms. The summed E-state index contributed by atoms with van der Waals surface area (Å²) in [6.07, 6.45) is 4.82. The molecular weight excluding hydrogens is 399 g/mol. The lowest BCUT2D eigenvalue weighted by atomic mass is 10.0. The first kappa shape index (κ1) is 19.4. The quantitative estimate of drug-likeness (QED) is 0.488. The Morgan fingerprint density at radius 3 is 2.87 bits per heavy atom. The summed E-state index contributed by atoms with van der Waals surface area (Å²) in [6, 6.07) is 10.7. The first-order chi connectivity index (χ1) is 15.2. The molecule has 0 radical (unpaired) electrons. The Morgan fingerprint density at radius 1 is 1.13 bits per heavy atom. The van der Waals surface area contributed by atoms with Crippen LogP contribution >= 0.6 is 0 Å². The van der Waals surface area contributed by atoms with Gasteiger partial charge in [-0.1, -0.05) is 24.6 Å². The number of fused-ring (bicyclic) bond motifs is 1. The van der Waals surface area contributed by atoms with E-state index in [-0.39, 0.29) is 17.8 Å². The maximum atomic E-state index is 14.1. The van der Waals surface area contributed by atoms with E-state index < -0.39 is 0 Å². The smallest absolute Gasteiger partial charge is 0.259 e. The first-order valence-electron chi connectivity index (χ1n) is 10.3. The van der Waals surface area contributed by atoms with Crippen molar-refractivity contribution in [2.75, 3.05) is 24.1 Å². The monoisotopic (exact) mass is 422 g/mol. The van der Waals surface area contributed by atoms with Crippen LogP contribution in [-0.4, -0.2) is 48.6 Å². The lowest BCUT2D eigenvalue weighted by molar-refractivity contribution is 0.146. The van der Waals surface area contributed by atoms with Gasteiger partial charge in [-0.25, -0.2) is 4.39 Å². The fourth-order valence-corrected chi connectivity index (χ4v) is 3.95. The van der Waals surface area contributed by atoms with Crippen LogP contribution in [0.5, 0.6) is 0 Å². The average molecular weight is 422 g/mol. The fraction of sp³-hybridized carbons (Fsp3) is 0.333. The number of nitrogen functional groups attached to an aromatic ring is 1. The van der Waals surface area contributed by atoms with Crippen molar-refractivity contribution in [1.29, 1.82) is 0 Å². The third kappa shape index (κ3) is 4.06. The summed E-state index contributed by atoms with van der Waals surface area (Å²) in [5.74, 6) is 1.68. The van der Waals surface area contributed by atoms with Crippen molar-refractivity contribution >= 4 is 17.7 Å². The number of furan rings is 1. The highest BCUT2D eigenvalue weighted by atomic mass is 19.1. The minimum atomic E-state index is -0.166. The summed E-state index contributed by atoms with van der Waals surface area (Å²) in [5.41, 5.74) is 6.78. The van der Waals surface area contributed by atoms with Crippen molar-refractivity contribution in [2.45, 2.75) is 31.8 Å². The molecule has 1 fully saturated rings. The predicted molar refractivity (Wildman–Crippen MR) is 114 cm³/mol. The van der Waals surface area contributed by atoms with Crippen molar-refractivity contribution in [2.24, 2.45) is 0 Å². The van der Waals surface area contributed by atoms with Gasteiger partial charge in [0.05, 0.1) is 6.26 Å². The van der Waals surface area contributed by atoms with Gasteiger partial charge in [-0.05, 0) is 37.6 Å². The average Bonchev–Trinajstić information content (AvgIpc) is 3.45. The van der Waals surface area contributed by atoms with Crippen molar-refractivity contribution in [3.05, 3.63) is 54.0 Å². The predicted octanol–water partition coefficient (Wildman–Crippen LogP) is 2.97. The molecule has 160 valence electrons. The summed E-state index contributed by atoms with van der Waals surface area (Å²) in [7, 11) is 0. The highest BCUT2D eigenvalue weighted by molar-refractivity contribution is 5.52. The summed E-state index contributed by atoms with van der Waals surface area (Å²) in [5, 5.41) is 7.58. The molecule has 1 aliphatic heterocycles. The van der Waals surface area contributed by atoms with Gasteiger partial charge in [0, 0.05) is 24.7 Å². The minimum Gasteiger partial charge on any atom is -0.461 e. The third-order valence-corrected chi connectivity index (χ3v) is 5.55. The van der Waals surface area contributed by atoms with E-state index in [1.807, 2.05) is 12.1 Å². The number of nitrogens with two attached hydrogens (primary N) is 1. The largest absolute Gasteiger partial charge is 0.461 e. The number of rotatable bonds is 6. The SMILES string of the molecule is Nc1nc(NCC2CCCCN2Cc2ccccc2F)nc2nc(-c3ccco3)nn12. The van der Waals surface area contributed by atoms with E-state index in [0.29, 0.717) is 42.0 Å². The second-order valence-electron chi connectivity index (χ2n) is 7.62. The Bertz CT molecular complexity index is 1180. The molecule has 3 N–H and O–H groups in total. The molecule has 0 spiro atoms. The maximum absolute atomic E-state index is 14.1. The lowest BCUT2D eigenvalue weighted by Gasteiger charge is -2.36. The van der Waals surface area contributed by atoms with Crippen LogP contribution in [0, 0.1) is 5.82 Å². The molecule has 5 rings (SSSR count). The number of nitrogens with zero attached hydrogens (tertiary/aromatic N) is 6. The van der Waals surface area contributed by atoms with Crippen molar-refractivity contribution in [3.63, 3.8) is 0 Å². The molecule has 3 aromatic heterocycles. The zero-order valence-corrected chi connectivity index (χ0v) is 16.9. The molecule has 1 unspecified atom stereocenters. The van der Waals surface area contributed by atoms with Crippen LogP contribution in [0.2, 0.25) is 0 Å². The fourth-order valence-electron chi connectivity index (χ4n) is 3.95. The van der Waals surface area contributed by atoms with Crippen LogP contribution in [0.3, 0.4) is 0 Å². The molecule has 9 nitrogen and oxygen atoms in total. The molecule has 1 saturated heterocycles. The van der Waals surface area contributed by atoms with Crippen molar-refractivity contribution in [1.82, 2.24) is 29.5 Å². The number of anilines is 2. The highest BCUT2D eigenvalue weighted by Crippen LogP contribution is 2.22. The number of hydrogen-bond acceptors (Lipinski definition) is 8. The Hall–Kier alpha value is -3.53. The van der Waals surface area contributed by atoms with E-state index in [1.165, 1.54) is 10.6 Å². The summed E-state index contributed by atoms with van der Waals surface area (Å²) in [6.45, 7) is 2.14. The second kappa shape index (κ2) is 8.31. The van der Waals surface area contributed by atoms with Crippen LogP contribution in [0.4, 0.5) is 16.3 Å². The zero-order valence-electron chi connectivity index (χ0n) is 16.9. The van der Waals surface area contributed by atoms with E-state index in [0.717, 1.165) is 25.8 Å². The topological polar surface area (TPSA) is 110 Å². The lowest BCUT2D eigenvalue weighted by Crippen LogP contribution is -2.43. The molecule has 10 heteroatoms. The Kier molecular flexibility index (Phi) is 5.21. The number of halogens is 1. The highest BCUT2D eigenvalue weighted by Gasteiger charge is 2.24. The molecule has 1 atom stereocenters. The first-order valence-corrected chi connectivity index (χ1v) is 10.3. The minimum absolute atomic E-state index is 0.166. The molecule has 0 saturated carbocycles. The van der Waals surface area contributed by atoms with Gasteiger partial charge in [0.2, 0.25) is 17.7 Å². The number of hydrogen-bond donors (Lipinski definition) is 2. The normalized spacial score (nSPS) is 17.3. The van der Waals surface area contributed by atoms with Crippen LogP contribution in [-0.2, 0) is 6.54 Å². The van der Waals surface area contributed by atoms with Crippen molar-refractivity contribution in [3.8, 4) is 11.6 Å². The standard InChI is InChI=1S/C21H23FN8O/c22-16-8-2-1-6-14(16)13-29-10-4-3-7-15(29)12-24-20-26-19(23)30-21(27-20)25-18(28-30)17-9-5-11-31-17/h1-2,5-6,8-9,11,15H,3-4,7,10,12-13H2,(H3,23,24,25,26,27,28). The Balaban J connectivity index is 1.31. The van der Waals surface area contributed by atoms with Gasteiger partial charge in [0.15, 0.2) is 5.76 Å². The van der Waals surface area contributed by atoms with E-state index in [2.05, 4.69) is 30.3 Å².